The van der Waals surface area contributed by atoms with Gasteiger partial charge < -0.3 is 0 Å². The molecular weight excluding hydrogens is 330 g/mol. The molecule has 2 amide bonds. The zero-order valence-electron chi connectivity index (χ0n) is 11.2. The van der Waals surface area contributed by atoms with Crippen LogP contribution in [0.1, 0.15) is 44.3 Å². The van der Waals surface area contributed by atoms with E-state index < -0.39 is 0 Å². The molecule has 1 aliphatic carbocycles. The first-order valence-corrected chi connectivity index (χ1v) is 7.71. The molecule has 0 fully saturated rings. The molecule has 2 aromatic carbocycles. The van der Waals surface area contributed by atoms with E-state index in [0.29, 0.717) is 11.1 Å². The van der Waals surface area contributed by atoms with E-state index in [4.69, 9.17) is 0 Å². The maximum Gasteiger partial charge on any atom is 0.262 e. The average molecular weight is 342 g/mol. The number of imide groups is 1. The molecule has 3 nitrogen and oxygen atoms in total. The predicted octanol–water partition coefficient (Wildman–Crippen LogP) is 3.73. The average Bonchev–Trinajstić information content (AvgIpc) is 2.99. The van der Waals surface area contributed by atoms with Gasteiger partial charge in [0.05, 0.1) is 17.2 Å². The predicted molar refractivity (Wildman–Crippen MR) is 82.1 cm³/mol. The van der Waals surface area contributed by atoms with E-state index in [-0.39, 0.29) is 17.9 Å². The molecule has 21 heavy (non-hydrogen) atoms. The third-order valence-corrected chi connectivity index (χ3v) is 4.78. The molecule has 0 spiro atoms. The Morgan fingerprint density at radius 3 is 2.33 bits per heavy atom. The van der Waals surface area contributed by atoms with Crippen molar-refractivity contribution in [1.82, 2.24) is 4.90 Å². The van der Waals surface area contributed by atoms with Gasteiger partial charge in [-0.15, -0.1) is 0 Å². The second-order valence-corrected chi connectivity index (χ2v) is 6.34. The highest BCUT2D eigenvalue weighted by Crippen LogP contribution is 2.40. The lowest BCUT2D eigenvalue weighted by Gasteiger charge is -2.23. The lowest BCUT2D eigenvalue weighted by atomic mass is 10.1. The molecule has 0 aromatic heterocycles. The van der Waals surface area contributed by atoms with Crippen molar-refractivity contribution in [3.8, 4) is 0 Å². The van der Waals surface area contributed by atoms with Crippen molar-refractivity contribution < 1.29 is 9.59 Å². The SMILES string of the molecule is O=C1c2ccccc2C(=O)N1C1CCc2cc(Br)ccc21. The van der Waals surface area contributed by atoms with Crippen LogP contribution in [0.4, 0.5) is 0 Å². The Morgan fingerprint density at radius 1 is 1.00 bits per heavy atom. The molecule has 0 bridgehead atoms. The number of halogens is 1. The summed E-state index contributed by atoms with van der Waals surface area (Å²) >= 11 is 3.47. The Labute approximate surface area is 130 Å². The molecule has 1 unspecified atom stereocenters. The van der Waals surface area contributed by atoms with Gasteiger partial charge in [0.1, 0.15) is 0 Å². The molecule has 0 saturated heterocycles. The highest BCUT2D eigenvalue weighted by atomic mass is 79.9. The largest absolute Gasteiger partial charge is 0.269 e. The number of rotatable bonds is 1. The minimum absolute atomic E-state index is 0.138. The number of carbonyl (C=O) groups excluding carboxylic acids is 2. The van der Waals surface area contributed by atoms with Crippen LogP contribution < -0.4 is 0 Å². The summed E-state index contributed by atoms with van der Waals surface area (Å²) in [6.45, 7) is 0. The summed E-state index contributed by atoms with van der Waals surface area (Å²) in [4.78, 5) is 26.6. The fourth-order valence-electron chi connectivity index (χ4n) is 3.32. The summed E-state index contributed by atoms with van der Waals surface area (Å²) in [7, 11) is 0. The van der Waals surface area contributed by atoms with Crippen molar-refractivity contribution in [2.75, 3.05) is 0 Å². The van der Waals surface area contributed by atoms with Crippen LogP contribution in [0, 0.1) is 0 Å². The van der Waals surface area contributed by atoms with Gasteiger partial charge >= 0.3 is 0 Å². The number of benzene rings is 2. The third kappa shape index (κ3) is 1.79. The fourth-order valence-corrected chi connectivity index (χ4v) is 3.73. The molecule has 1 aliphatic heterocycles. The van der Waals surface area contributed by atoms with Crippen molar-refractivity contribution in [3.05, 3.63) is 69.2 Å². The number of fused-ring (bicyclic) bond motifs is 2. The number of nitrogens with zero attached hydrogens (tertiary/aromatic N) is 1. The van der Waals surface area contributed by atoms with Crippen molar-refractivity contribution in [3.63, 3.8) is 0 Å². The van der Waals surface area contributed by atoms with Crippen LogP contribution >= 0.6 is 15.9 Å². The summed E-state index contributed by atoms with van der Waals surface area (Å²) in [5.74, 6) is -0.340. The zero-order valence-corrected chi connectivity index (χ0v) is 12.8. The van der Waals surface area contributed by atoms with Crippen molar-refractivity contribution in [2.24, 2.45) is 0 Å². The summed E-state index contributed by atoms with van der Waals surface area (Å²) in [5, 5.41) is 0. The molecule has 104 valence electrons. The van der Waals surface area contributed by atoms with Crippen LogP contribution in [0.5, 0.6) is 0 Å². The normalized spacial score (nSPS) is 19.9. The maximum absolute atomic E-state index is 12.6. The monoisotopic (exact) mass is 341 g/mol. The van der Waals surface area contributed by atoms with Crippen molar-refractivity contribution in [2.45, 2.75) is 18.9 Å². The van der Waals surface area contributed by atoms with Crippen LogP contribution in [0.15, 0.2) is 46.9 Å². The molecule has 1 heterocycles. The van der Waals surface area contributed by atoms with Gasteiger partial charge in [0.25, 0.3) is 11.8 Å². The molecule has 2 aliphatic rings. The van der Waals surface area contributed by atoms with E-state index in [1.165, 1.54) is 10.5 Å². The van der Waals surface area contributed by atoms with Crippen molar-refractivity contribution in [1.29, 1.82) is 0 Å². The molecular formula is C17H12BrNO2. The number of aryl methyl sites for hydroxylation is 1. The summed E-state index contributed by atoms with van der Waals surface area (Å²) in [6, 6.07) is 13.0. The second-order valence-electron chi connectivity index (χ2n) is 5.42. The Bertz CT molecular complexity index is 749. The van der Waals surface area contributed by atoms with Gasteiger partial charge in [0.15, 0.2) is 0 Å². The number of hydrogen-bond acceptors (Lipinski definition) is 2. The first-order valence-electron chi connectivity index (χ1n) is 6.92. The fraction of sp³-hybridized carbons (Fsp3) is 0.176. The first-order chi connectivity index (χ1) is 10.2. The number of amides is 2. The number of hydrogen-bond donors (Lipinski definition) is 0. The standard InChI is InChI=1S/C17H12BrNO2/c18-11-6-7-12-10(9-11)5-8-15(12)19-16(20)13-3-1-2-4-14(13)17(19)21/h1-4,6-7,9,15H,5,8H2. The van der Waals surface area contributed by atoms with Crippen LogP contribution in [0.2, 0.25) is 0 Å². The smallest absolute Gasteiger partial charge is 0.262 e. The zero-order chi connectivity index (χ0) is 14.6. The molecule has 4 rings (SSSR count). The summed E-state index contributed by atoms with van der Waals surface area (Å²) in [5.41, 5.74) is 3.35. The Hall–Kier alpha value is -1.94. The van der Waals surface area contributed by atoms with E-state index in [1.807, 2.05) is 12.1 Å². The molecule has 0 radical (unpaired) electrons. The highest BCUT2D eigenvalue weighted by Gasteiger charge is 2.42. The molecule has 2 aromatic rings. The number of carbonyl (C=O) groups is 2. The molecule has 0 saturated carbocycles. The maximum atomic E-state index is 12.6. The lowest BCUT2D eigenvalue weighted by molar-refractivity contribution is 0.0582. The minimum Gasteiger partial charge on any atom is -0.269 e. The van der Waals surface area contributed by atoms with E-state index in [9.17, 15) is 9.59 Å². The lowest BCUT2D eigenvalue weighted by Crippen LogP contribution is -2.33. The topological polar surface area (TPSA) is 37.4 Å². The van der Waals surface area contributed by atoms with Gasteiger partial charge in [-0.05, 0) is 48.2 Å². The molecule has 4 heteroatoms. The summed E-state index contributed by atoms with van der Waals surface area (Å²) in [6.07, 6.45) is 1.70. The first kappa shape index (κ1) is 12.8. The molecule has 0 N–H and O–H groups in total. The van der Waals surface area contributed by atoms with Crippen LogP contribution in [-0.4, -0.2) is 16.7 Å². The van der Waals surface area contributed by atoms with Gasteiger partial charge in [-0.25, -0.2) is 0 Å². The quantitative estimate of drug-likeness (QED) is 0.741. The second kappa shape index (κ2) is 4.53. The van der Waals surface area contributed by atoms with E-state index in [0.717, 1.165) is 22.9 Å². The van der Waals surface area contributed by atoms with Crippen LogP contribution in [0.3, 0.4) is 0 Å². The van der Waals surface area contributed by atoms with Gasteiger partial charge in [-0.3, -0.25) is 14.5 Å². The highest BCUT2D eigenvalue weighted by molar-refractivity contribution is 9.10. The van der Waals surface area contributed by atoms with E-state index in [2.05, 4.69) is 22.0 Å². The Kier molecular flexibility index (Phi) is 2.76. The van der Waals surface area contributed by atoms with Crippen LogP contribution in [0.25, 0.3) is 0 Å². The Morgan fingerprint density at radius 2 is 1.67 bits per heavy atom. The van der Waals surface area contributed by atoms with E-state index >= 15 is 0 Å². The molecule has 1 atom stereocenters. The van der Waals surface area contributed by atoms with Crippen LogP contribution in [-0.2, 0) is 6.42 Å². The van der Waals surface area contributed by atoms with Gasteiger partial charge in [0.2, 0.25) is 0 Å². The minimum atomic E-state index is -0.170. The van der Waals surface area contributed by atoms with Gasteiger partial charge in [-0.1, -0.05) is 34.1 Å². The third-order valence-electron chi connectivity index (χ3n) is 4.29. The van der Waals surface area contributed by atoms with Crippen molar-refractivity contribution >= 4 is 27.7 Å². The van der Waals surface area contributed by atoms with Gasteiger partial charge in [-0.2, -0.15) is 0 Å². The van der Waals surface area contributed by atoms with Gasteiger partial charge in [0, 0.05) is 4.47 Å². The Balaban J connectivity index is 1.78. The summed E-state index contributed by atoms with van der Waals surface area (Å²) < 4.78 is 1.03. The van der Waals surface area contributed by atoms with E-state index in [1.54, 1.807) is 24.3 Å².